The second kappa shape index (κ2) is 8.32. The zero-order valence-electron chi connectivity index (χ0n) is 14.4. The number of hydrogen-bond donors (Lipinski definition) is 1. The molecule has 0 aromatic heterocycles. The third kappa shape index (κ3) is 4.37. The molecule has 0 unspecified atom stereocenters. The van der Waals surface area contributed by atoms with E-state index < -0.39 is 0 Å². The molecule has 2 amide bonds. The van der Waals surface area contributed by atoms with Crippen LogP contribution in [0.2, 0.25) is 0 Å². The summed E-state index contributed by atoms with van der Waals surface area (Å²) in [4.78, 5) is 26.9. The van der Waals surface area contributed by atoms with Crippen LogP contribution in [-0.2, 0) is 0 Å². The summed E-state index contributed by atoms with van der Waals surface area (Å²) in [6.45, 7) is 1.70. The lowest BCUT2D eigenvalue weighted by Crippen LogP contribution is -2.36. The number of nitrogens with zero attached hydrogens (tertiary/aromatic N) is 1. The van der Waals surface area contributed by atoms with Crippen molar-refractivity contribution < 1.29 is 9.59 Å². The molecule has 3 rings (SSSR count). The Labute approximate surface area is 144 Å². The largest absolute Gasteiger partial charge is 0.349 e. The normalized spacial score (nSPS) is 19.6. The van der Waals surface area contributed by atoms with E-state index in [4.69, 9.17) is 0 Å². The van der Waals surface area contributed by atoms with Crippen LogP contribution in [0.15, 0.2) is 24.3 Å². The summed E-state index contributed by atoms with van der Waals surface area (Å²) in [5.74, 6) is 0.0758. The maximum atomic E-state index is 12.6. The monoisotopic (exact) mass is 328 g/mol. The lowest BCUT2D eigenvalue weighted by Gasteiger charge is -2.23. The molecule has 1 saturated heterocycles. The Hall–Kier alpha value is -1.84. The number of carbonyl (C=O) groups excluding carboxylic acids is 2. The van der Waals surface area contributed by atoms with E-state index >= 15 is 0 Å². The van der Waals surface area contributed by atoms with Gasteiger partial charge in [-0.2, -0.15) is 0 Å². The number of nitrogens with one attached hydrogen (secondary N) is 1. The highest BCUT2D eigenvalue weighted by Gasteiger charge is 2.19. The molecule has 1 aliphatic heterocycles. The van der Waals surface area contributed by atoms with E-state index in [1.54, 1.807) is 24.3 Å². The summed E-state index contributed by atoms with van der Waals surface area (Å²) in [6.07, 6.45) is 10.5. The van der Waals surface area contributed by atoms with E-state index in [0.717, 1.165) is 38.8 Å². The van der Waals surface area contributed by atoms with Gasteiger partial charge >= 0.3 is 0 Å². The fraction of sp³-hybridized carbons (Fsp3) is 0.600. The van der Waals surface area contributed by atoms with E-state index in [9.17, 15) is 9.59 Å². The summed E-state index contributed by atoms with van der Waals surface area (Å²) in [6, 6.07) is 7.46. The second-order valence-electron chi connectivity index (χ2n) is 7.09. The highest BCUT2D eigenvalue weighted by Crippen LogP contribution is 2.18. The average Bonchev–Trinajstić information content (AvgIpc) is 2.91. The Morgan fingerprint density at radius 3 is 1.96 bits per heavy atom. The lowest BCUT2D eigenvalue weighted by molar-refractivity contribution is 0.0761. The number of carbonyl (C=O) groups is 2. The first-order valence-electron chi connectivity index (χ1n) is 9.44. The quantitative estimate of drug-likeness (QED) is 0.918. The number of amides is 2. The van der Waals surface area contributed by atoms with Crippen molar-refractivity contribution in [1.82, 2.24) is 10.2 Å². The van der Waals surface area contributed by atoms with Crippen molar-refractivity contribution in [3.05, 3.63) is 35.4 Å². The van der Waals surface area contributed by atoms with E-state index in [1.807, 2.05) is 4.90 Å². The highest BCUT2D eigenvalue weighted by atomic mass is 16.2. The van der Waals surface area contributed by atoms with Crippen LogP contribution in [0.1, 0.15) is 78.5 Å². The maximum Gasteiger partial charge on any atom is 0.253 e. The van der Waals surface area contributed by atoms with Crippen LogP contribution in [0, 0.1) is 0 Å². The van der Waals surface area contributed by atoms with Crippen molar-refractivity contribution in [1.29, 1.82) is 0 Å². The van der Waals surface area contributed by atoms with Crippen molar-refractivity contribution in [2.45, 2.75) is 63.8 Å². The molecule has 1 saturated carbocycles. The molecular weight excluding hydrogens is 300 g/mol. The molecule has 0 bridgehead atoms. The van der Waals surface area contributed by atoms with Gasteiger partial charge in [-0.25, -0.2) is 0 Å². The first-order chi connectivity index (χ1) is 11.7. The number of rotatable bonds is 3. The minimum absolute atomic E-state index is 0.0179. The van der Waals surface area contributed by atoms with Crippen molar-refractivity contribution in [3.8, 4) is 0 Å². The molecule has 0 spiro atoms. The van der Waals surface area contributed by atoms with Gasteiger partial charge in [0.25, 0.3) is 11.8 Å². The summed E-state index contributed by atoms with van der Waals surface area (Å²) >= 11 is 0. The molecule has 0 atom stereocenters. The van der Waals surface area contributed by atoms with Crippen molar-refractivity contribution in [3.63, 3.8) is 0 Å². The van der Waals surface area contributed by atoms with Crippen molar-refractivity contribution in [2.24, 2.45) is 0 Å². The highest BCUT2D eigenvalue weighted by molar-refractivity contribution is 5.97. The fourth-order valence-corrected chi connectivity index (χ4v) is 3.74. The number of likely N-dealkylation sites (tertiary alicyclic amines) is 1. The van der Waals surface area contributed by atoms with Crippen molar-refractivity contribution in [2.75, 3.05) is 13.1 Å². The summed E-state index contributed by atoms with van der Waals surface area (Å²) in [5.41, 5.74) is 1.33. The van der Waals surface area contributed by atoms with Gasteiger partial charge in [0.1, 0.15) is 0 Å². The van der Waals surface area contributed by atoms with Crippen LogP contribution in [0.4, 0.5) is 0 Å². The summed E-state index contributed by atoms with van der Waals surface area (Å²) < 4.78 is 0. The molecule has 130 valence electrons. The third-order valence-corrected chi connectivity index (χ3v) is 5.23. The van der Waals surface area contributed by atoms with E-state index in [2.05, 4.69) is 5.32 Å². The predicted octanol–water partition coefficient (Wildman–Crippen LogP) is 3.77. The Balaban J connectivity index is 1.59. The van der Waals surface area contributed by atoms with E-state index in [1.165, 1.54) is 32.1 Å². The first-order valence-corrected chi connectivity index (χ1v) is 9.44. The van der Waals surface area contributed by atoms with Gasteiger partial charge in [0.15, 0.2) is 0 Å². The number of benzene rings is 1. The molecule has 1 aromatic carbocycles. The van der Waals surface area contributed by atoms with Crippen LogP contribution in [0.5, 0.6) is 0 Å². The van der Waals surface area contributed by atoms with Crippen LogP contribution in [-0.4, -0.2) is 35.8 Å². The summed E-state index contributed by atoms with van der Waals surface area (Å²) in [5, 5.41) is 3.12. The fourth-order valence-electron chi connectivity index (χ4n) is 3.74. The van der Waals surface area contributed by atoms with Crippen LogP contribution in [0.3, 0.4) is 0 Å². The SMILES string of the molecule is O=C(NC1CCCCC1)c1ccc(C(=O)N2CCCCCC2)cc1. The van der Waals surface area contributed by atoms with Gasteiger partial charge in [0, 0.05) is 30.3 Å². The standard InChI is InChI=1S/C20H28N2O2/c23-19(21-18-8-4-3-5-9-18)16-10-12-17(13-11-16)20(24)22-14-6-1-2-7-15-22/h10-13,18H,1-9,14-15H2,(H,21,23). The molecule has 2 aliphatic rings. The Morgan fingerprint density at radius 1 is 0.792 bits per heavy atom. The van der Waals surface area contributed by atoms with Crippen LogP contribution >= 0.6 is 0 Å². The third-order valence-electron chi connectivity index (χ3n) is 5.23. The molecule has 1 aliphatic carbocycles. The van der Waals surface area contributed by atoms with E-state index in [0.29, 0.717) is 17.2 Å². The Morgan fingerprint density at radius 2 is 1.33 bits per heavy atom. The van der Waals surface area contributed by atoms with Gasteiger partial charge in [-0.05, 0) is 49.9 Å². The smallest absolute Gasteiger partial charge is 0.253 e. The first kappa shape index (κ1) is 17.0. The van der Waals surface area contributed by atoms with Crippen LogP contribution < -0.4 is 5.32 Å². The lowest BCUT2D eigenvalue weighted by atomic mass is 9.95. The maximum absolute atomic E-state index is 12.6. The molecule has 4 heteroatoms. The summed E-state index contributed by atoms with van der Waals surface area (Å²) in [7, 11) is 0. The second-order valence-corrected chi connectivity index (χ2v) is 7.09. The molecule has 4 nitrogen and oxygen atoms in total. The zero-order valence-corrected chi connectivity index (χ0v) is 14.4. The predicted molar refractivity (Wildman–Crippen MR) is 95.2 cm³/mol. The molecule has 1 N–H and O–H groups in total. The minimum atomic E-state index is -0.0179. The molecule has 24 heavy (non-hydrogen) atoms. The average molecular weight is 328 g/mol. The molecule has 2 fully saturated rings. The van der Waals surface area contributed by atoms with Gasteiger partial charge in [0.2, 0.25) is 0 Å². The zero-order chi connectivity index (χ0) is 16.8. The Kier molecular flexibility index (Phi) is 5.89. The van der Waals surface area contributed by atoms with Gasteiger partial charge in [-0.15, -0.1) is 0 Å². The van der Waals surface area contributed by atoms with Gasteiger partial charge < -0.3 is 10.2 Å². The van der Waals surface area contributed by atoms with Gasteiger partial charge in [-0.1, -0.05) is 32.1 Å². The topological polar surface area (TPSA) is 49.4 Å². The molecular formula is C20H28N2O2. The van der Waals surface area contributed by atoms with Gasteiger partial charge in [-0.3, -0.25) is 9.59 Å². The van der Waals surface area contributed by atoms with Crippen molar-refractivity contribution >= 4 is 11.8 Å². The molecule has 1 heterocycles. The van der Waals surface area contributed by atoms with Gasteiger partial charge in [0.05, 0.1) is 0 Å². The number of hydrogen-bond acceptors (Lipinski definition) is 2. The Bertz CT molecular complexity index is 554. The van der Waals surface area contributed by atoms with E-state index in [-0.39, 0.29) is 11.8 Å². The molecule has 1 aromatic rings. The molecule has 0 radical (unpaired) electrons. The minimum Gasteiger partial charge on any atom is -0.349 e. The van der Waals surface area contributed by atoms with Crippen LogP contribution in [0.25, 0.3) is 0 Å².